The molecule has 1 aliphatic rings. The number of alkyl halides is 1. The van der Waals surface area contributed by atoms with Crippen LogP contribution in [0.15, 0.2) is 30.5 Å². The molecule has 0 radical (unpaired) electrons. The van der Waals surface area contributed by atoms with E-state index in [2.05, 4.69) is 42.2 Å². The number of unbranched alkanes of at least 4 members (excludes halogenated alkanes) is 1. The maximum Gasteiger partial charge on any atom is 0.325 e. The lowest BCUT2D eigenvalue weighted by Gasteiger charge is -2.40. The van der Waals surface area contributed by atoms with Gasteiger partial charge in [0.2, 0.25) is 12.2 Å². The normalized spacial score (nSPS) is 20.5. The van der Waals surface area contributed by atoms with Crippen molar-refractivity contribution in [3.63, 3.8) is 0 Å². The SMILES string of the molecule is O=C(CBr)NCCOCCOCCOCCn1cc(CCCCNC(=O)Nc2ccc(O[C@H]3O[C@H](CCP(=O)(O)O)[C@@H](O)[C@H](O)[C@@H]3O)cc2)nn1. The van der Waals surface area contributed by atoms with Crippen LogP contribution in [0.4, 0.5) is 10.5 Å². The Hall–Kier alpha value is -2.75. The van der Waals surface area contributed by atoms with Crippen molar-refractivity contribution in [3.8, 4) is 5.75 Å². The summed E-state index contributed by atoms with van der Waals surface area (Å²) in [6.45, 7) is 4.09. The smallest absolute Gasteiger partial charge is 0.325 e. The lowest BCUT2D eigenvalue weighted by molar-refractivity contribution is -0.272. The van der Waals surface area contributed by atoms with E-state index in [0.29, 0.717) is 77.8 Å². The fourth-order valence-corrected chi connectivity index (χ4v) is 5.47. The number of aromatic nitrogens is 3. The Morgan fingerprint density at radius 3 is 2.27 bits per heavy atom. The van der Waals surface area contributed by atoms with Gasteiger partial charge in [-0.15, -0.1) is 5.10 Å². The zero-order chi connectivity index (χ0) is 37.1. The number of urea groups is 1. The average molecular weight is 812 g/mol. The topological polar surface area (TPSA) is 265 Å². The summed E-state index contributed by atoms with van der Waals surface area (Å²) in [6, 6.07) is 5.71. The summed E-state index contributed by atoms with van der Waals surface area (Å²) in [5.74, 6) is 0.142. The van der Waals surface area contributed by atoms with Crippen LogP contribution in [0.5, 0.6) is 5.75 Å². The van der Waals surface area contributed by atoms with Gasteiger partial charge in [0.1, 0.15) is 24.1 Å². The maximum atomic E-state index is 12.3. The standard InChI is InChI=1S/C30H48BrN6O13P/c31-19-25(38)32-10-12-46-14-16-48-17-15-47-13-11-37-20-22(35-36-37)3-1-2-9-33-30(42)34-21-4-6-23(7-5-21)49-29-28(41)27(40)26(39)24(50-29)8-18-51(43,44)45/h4-7,20,24,26-29,39-41H,1-3,8-19H2,(H,32,38)(H2,33,34,42)(H2,43,44,45)/t24-,26-,27+,28+,29+/m1/s1. The molecule has 288 valence electrons. The molecule has 0 bridgehead atoms. The number of halogens is 1. The largest absolute Gasteiger partial charge is 0.462 e. The van der Waals surface area contributed by atoms with E-state index in [1.807, 2.05) is 6.20 Å². The number of aliphatic hydroxyl groups is 3. The van der Waals surface area contributed by atoms with Gasteiger partial charge in [0, 0.05) is 25.0 Å². The zero-order valence-electron chi connectivity index (χ0n) is 28.0. The van der Waals surface area contributed by atoms with Gasteiger partial charge in [-0.2, -0.15) is 0 Å². The second kappa shape index (κ2) is 23.0. The molecule has 19 nitrogen and oxygen atoms in total. The lowest BCUT2D eigenvalue weighted by atomic mass is 9.97. The number of nitrogens with one attached hydrogen (secondary N) is 3. The van der Waals surface area contributed by atoms with Crippen LogP contribution in [-0.4, -0.2) is 147 Å². The molecular formula is C30H48BrN6O13P. The molecule has 2 aromatic rings. The highest BCUT2D eigenvalue weighted by atomic mass is 79.9. The quantitative estimate of drug-likeness (QED) is 0.0386. The number of amides is 3. The minimum absolute atomic E-state index is 0.0816. The van der Waals surface area contributed by atoms with Crippen molar-refractivity contribution in [1.82, 2.24) is 25.6 Å². The Balaban J connectivity index is 1.22. The lowest BCUT2D eigenvalue weighted by Crippen LogP contribution is -2.59. The fraction of sp³-hybridized carbons (Fsp3) is 0.667. The van der Waals surface area contributed by atoms with Gasteiger partial charge in [-0.3, -0.25) is 9.36 Å². The van der Waals surface area contributed by atoms with E-state index in [-0.39, 0.29) is 23.4 Å². The molecule has 3 amide bonds. The van der Waals surface area contributed by atoms with Crippen LogP contribution in [-0.2, 0) is 41.3 Å². The Morgan fingerprint density at radius 2 is 1.59 bits per heavy atom. The van der Waals surface area contributed by atoms with Crippen molar-refractivity contribution in [1.29, 1.82) is 0 Å². The van der Waals surface area contributed by atoms with Gasteiger partial charge >= 0.3 is 13.6 Å². The van der Waals surface area contributed by atoms with Crippen molar-refractivity contribution in [2.75, 3.05) is 69.5 Å². The van der Waals surface area contributed by atoms with E-state index in [1.54, 1.807) is 16.8 Å². The number of hydrogen-bond acceptors (Lipinski definition) is 13. The Bertz CT molecular complexity index is 1350. The molecule has 21 heteroatoms. The molecule has 5 atom stereocenters. The second-order valence-corrected chi connectivity index (χ2v) is 13.8. The van der Waals surface area contributed by atoms with E-state index < -0.39 is 50.5 Å². The van der Waals surface area contributed by atoms with Crippen LogP contribution in [0.1, 0.15) is 25.0 Å². The number of aryl methyl sites for hydroxylation is 1. The fourth-order valence-electron chi connectivity index (χ4n) is 4.68. The van der Waals surface area contributed by atoms with Crippen LogP contribution in [0.3, 0.4) is 0 Å². The molecule has 0 aliphatic carbocycles. The van der Waals surface area contributed by atoms with Crippen molar-refractivity contribution in [2.24, 2.45) is 0 Å². The molecule has 3 rings (SSSR count). The van der Waals surface area contributed by atoms with Crippen molar-refractivity contribution in [3.05, 3.63) is 36.2 Å². The number of hydrogen-bond donors (Lipinski definition) is 8. The maximum absolute atomic E-state index is 12.3. The van der Waals surface area contributed by atoms with E-state index >= 15 is 0 Å². The number of carbonyl (C=O) groups excluding carboxylic acids is 2. The van der Waals surface area contributed by atoms with E-state index in [1.165, 1.54) is 12.1 Å². The molecule has 1 fully saturated rings. The predicted octanol–water partition coefficient (Wildman–Crippen LogP) is -0.262. The highest BCUT2D eigenvalue weighted by Crippen LogP contribution is 2.37. The molecule has 1 aromatic heterocycles. The van der Waals surface area contributed by atoms with E-state index in [0.717, 1.165) is 12.1 Å². The van der Waals surface area contributed by atoms with Gasteiger partial charge < -0.3 is 64.7 Å². The number of carbonyl (C=O) groups is 2. The first-order valence-electron chi connectivity index (χ1n) is 16.5. The third kappa shape index (κ3) is 17.1. The van der Waals surface area contributed by atoms with Gasteiger partial charge in [-0.25, -0.2) is 9.48 Å². The number of ether oxygens (including phenoxy) is 5. The number of aliphatic hydroxyl groups excluding tert-OH is 3. The minimum atomic E-state index is -4.37. The second-order valence-electron chi connectivity index (χ2n) is 11.5. The summed E-state index contributed by atoms with van der Waals surface area (Å²) in [5.41, 5.74) is 1.30. The summed E-state index contributed by atoms with van der Waals surface area (Å²) in [5, 5.41) is 47.3. The van der Waals surface area contributed by atoms with Crippen molar-refractivity contribution in [2.45, 2.75) is 62.9 Å². The molecule has 51 heavy (non-hydrogen) atoms. The van der Waals surface area contributed by atoms with Crippen LogP contribution < -0.4 is 20.7 Å². The summed E-state index contributed by atoms with van der Waals surface area (Å²) < 4.78 is 40.4. The summed E-state index contributed by atoms with van der Waals surface area (Å²) in [4.78, 5) is 41.6. The highest BCUT2D eigenvalue weighted by Gasteiger charge is 2.45. The molecule has 8 N–H and O–H groups in total. The van der Waals surface area contributed by atoms with Crippen molar-refractivity contribution < 1.29 is 62.9 Å². The third-order valence-corrected chi connectivity index (χ3v) is 8.72. The molecular weight excluding hydrogens is 763 g/mol. The zero-order valence-corrected chi connectivity index (χ0v) is 30.5. The number of rotatable bonds is 24. The Labute approximate surface area is 303 Å². The van der Waals surface area contributed by atoms with Crippen LogP contribution in [0.25, 0.3) is 0 Å². The number of benzene rings is 1. The summed E-state index contributed by atoms with van der Waals surface area (Å²) in [6.07, 6.45) is -4.17. The molecule has 0 unspecified atom stereocenters. The van der Waals surface area contributed by atoms with Crippen LogP contribution in [0.2, 0.25) is 0 Å². The average Bonchev–Trinajstić information content (AvgIpc) is 3.56. The third-order valence-electron chi connectivity index (χ3n) is 7.37. The highest BCUT2D eigenvalue weighted by molar-refractivity contribution is 9.09. The molecule has 1 aliphatic heterocycles. The monoisotopic (exact) mass is 810 g/mol. The number of anilines is 1. The Morgan fingerprint density at radius 1 is 0.902 bits per heavy atom. The molecule has 2 heterocycles. The van der Waals surface area contributed by atoms with Gasteiger partial charge in [-0.1, -0.05) is 21.1 Å². The van der Waals surface area contributed by atoms with Crippen LogP contribution >= 0.6 is 23.5 Å². The predicted molar refractivity (Wildman–Crippen MR) is 185 cm³/mol. The van der Waals surface area contributed by atoms with Gasteiger partial charge in [0.25, 0.3) is 0 Å². The Kier molecular flexibility index (Phi) is 19.3. The molecule has 0 spiro atoms. The first kappa shape index (κ1) is 42.7. The molecule has 0 saturated carbocycles. The van der Waals surface area contributed by atoms with E-state index in [9.17, 15) is 29.5 Å². The van der Waals surface area contributed by atoms with Gasteiger partial charge in [-0.05, 0) is 49.9 Å². The molecule has 1 saturated heterocycles. The summed E-state index contributed by atoms with van der Waals surface area (Å²) >= 11 is 3.07. The first-order chi connectivity index (χ1) is 24.4. The summed E-state index contributed by atoms with van der Waals surface area (Å²) in [7, 11) is -4.37. The van der Waals surface area contributed by atoms with E-state index in [4.69, 9.17) is 33.5 Å². The van der Waals surface area contributed by atoms with Gasteiger partial charge in [0.15, 0.2) is 0 Å². The van der Waals surface area contributed by atoms with Crippen molar-refractivity contribution >= 4 is 41.2 Å². The first-order valence-corrected chi connectivity index (χ1v) is 19.4. The number of nitrogens with zero attached hydrogens (tertiary/aromatic N) is 3. The molecule has 1 aromatic carbocycles. The van der Waals surface area contributed by atoms with Crippen LogP contribution in [0, 0.1) is 0 Å². The van der Waals surface area contributed by atoms with Gasteiger partial charge in [0.05, 0.1) is 69.5 Å². The minimum Gasteiger partial charge on any atom is -0.462 e.